The Morgan fingerprint density at radius 2 is 1.87 bits per heavy atom. The molecule has 1 N–H and O–H groups in total. The maximum Gasteiger partial charge on any atom is 0.242 e. The van der Waals surface area contributed by atoms with Gasteiger partial charge < -0.3 is 10.0 Å². The lowest BCUT2D eigenvalue weighted by Crippen LogP contribution is -2.65. The standard InChI is InChI=1S/C11H20N2O2/c1-12-7-8-13(2)11(10(12)15)5-3-9(14)4-6-11/h9,14H,3-8H2,1-2H3. The predicted octanol–water partition coefficient (Wildman–Crippen LogP) is 0.0639. The second-order valence-corrected chi connectivity index (χ2v) is 4.91. The van der Waals surface area contributed by atoms with Crippen LogP contribution in [0.25, 0.3) is 0 Å². The lowest BCUT2D eigenvalue weighted by molar-refractivity contribution is -0.152. The van der Waals surface area contributed by atoms with Gasteiger partial charge in [-0.1, -0.05) is 0 Å². The van der Waals surface area contributed by atoms with Crippen LogP contribution < -0.4 is 0 Å². The number of hydrogen-bond acceptors (Lipinski definition) is 3. The van der Waals surface area contributed by atoms with Crippen molar-refractivity contribution in [2.24, 2.45) is 0 Å². The van der Waals surface area contributed by atoms with Crippen LogP contribution in [0.3, 0.4) is 0 Å². The first-order valence-corrected chi connectivity index (χ1v) is 5.71. The maximum atomic E-state index is 12.2. The number of carbonyl (C=O) groups is 1. The zero-order valence-electron chi connectivity index (χ0n) is 9.57. The molecule has 1 saturated heterocycles. The number of nitrogens with zero attached hydrogens (tertiary/aromatic N) is 2. The Labute approximate surface area is 90.9 Å². The molecule has 2 fully saturated rings. The fourth-order valence-electron chi connectivity index (χ4n) is 2.81. The van der Waals surface area contributed by atoms with Gasteiger partial charge in [0.05, 0.1) is 6.10 Å². The highest BCUT2D eigenvalue weighted by atomic mass is 16.3. The van der Waals surface area contributed by atoms with E-state index in [1.165, 1.54) is 0 Å². The molecule has 0 aromatic rings. The van der Waals surface area contributed by atoms with Gasteiger partial charge in [-0.2, -0.15) is 0 Å². The molecular weight excluding hydrogens is 192 g/mol. The summed E-state index contributed by atoms with van der Waals surface area (Å²) >= 11 is 0. The van der Waals surface area contributed by atoms with Gasteiger partial charge >= 0.3 is 0 Å². The normalized spacial score (nSPS) is 38.7. The van der Waals surface area contributed by atoms with E-state index in [-0.39, 0.29) is 17.6 Å². The number of amides is 1. The van der Waals surface area contributed by atoms with Crippen molar-refractivity contribution in [2.45, 2.75) is 37.3 Å². The van der Waals surface area contributed by atoms with E-state index in [0.29, 0.717) is 0 Å². The molecule has 0 bridgehead atoms. The van der Waals surface area contributed by atoms with Crippen LogP contribution >= 0.6 is 0 Å². The molecule has 1 heterocycles. The predicted molar refractivity (Wildman–Crippen MR) is 57.5 cm³/mol. The quantitative estimate of drug-likeness (QED) is 0.617. The molecule has 2 aliphatic rings. The SMILES string of the molecule is CN1CCN(C)C2(CCC(O)CC2)C1=O. The molecule has 0 atom stereocenters. The zero-order valence-corrected chi connectivity index (χ0v) is 9.57. The van der Waals surface area contributed by atoms with Gasteiger partial charge in [0.15, 0.2) is 0 Å². The smallest absolute Gasteiger partial charge is 0.242 e. The van der Waals surface area contributed by atoms with Crippen LogP contribution in [0.15, 0.2) is 0 Å². The molecule has 0 aromatic heterocycles. The van der Waals surface area contributed by atoms with E-state index in [2.05, 4.69) is 4.90 Å². The van der Waals surface area contributed by atoms with Gasteiger partial charge in [-0.25, -0.2) is 0 Å². The molecule has 86 valence electrons. The first kappa shape index (κ1) is 10.9. The number of hydrogen-bond donors (Lipinski definition) is 1. The van der Waals surface area contributed by atoms with Gasteiger partial charge in [-0.05, 0) is 32.7 Å². The molecule has 4 heteroatoms. The molecule has 0 radical (unpaired) electrons. The molecule has 1 spiro atoms. The van der Waals surface area contributed by atoms with Gasteiger partial charge in [0.1, 0.15) is 5.54 Å². The number of rotatable bonds is 0. The van der Waals surface area contributed by atoms with E-state index in [1.807, 2.05) is 19.0 Å². The largest absolute Gasteiger partial charge is 0.393 e. The molecule has 4 nitrogen and oxygen atoms in total. The minimum atomic E-state index is -0.313. The Hall–Kier alpha value is -0.610. The maximum absolute atomic E-state index is 12.2. The lowest BCUT2D eigenvalue weighted by Gasteiger charge is -2.49. The summed E-state index contributed by atoms with van der Waals surface area (Å²) in [7, 11) is 3.91. The summed E-state index contributed by atoms with van der Waals surface area (Å²) in [5.41, 5.74) is -0.313. The Morgan fingerprint density at radius 1 is 1.27 bits per heavy atom. The van der Waals surface area contributed by atoms with Crippen molar-refractivity contribution in [3.63, 3.8) is 0 Å². The highest BCUT2D eigenvalue weighted by molar-refractivity contribution is 5.87. The van der Waals surface area contributed by atoms with E-state index in [4.69, 9.17) is 0 Å². The van der Waals surface area contributed by atoms with Gasteiger partial charge in [0, 0.05) is 20.1 Å². The second kappa shape index (κ2) is 3.76. The number of likely N-dealkylation sites (N-methyl/N-ethyl adjacent to an activating group) is 2. The molecular formula is C11H20N2O2. The zero-order chi connectivity index (χ0) is 11.1. The van der Waals surface area contributed by atoms with Crippen LogP contribution in [-0.4, -0.2) is 59.6 Å². The molecule has 0 unspecified atom stereocenters. The molecule has 1 aliphatic heterocycles. The van der Waals surface area contributed by atoms with Crippen molar-refractivity contribution in [3.05, 3.63) is 0 Å². The van der Waals surface area contributed by atoms with Gasteiger partial charge in [-0.3, -0.25) is 9.69 Å². The fraction of sp³-hybridized carbons (Fsp3) is 0.909. The monoisotopic (exact) mass is 212 g/mol. The number of aliphatic hydroxyl groups excluding tert-OH is 1. The van der Waals surface area contributed by atoms with Crippen LogP contribution in [0.4, 0.5) is 0 Å². The van der Waals surface area contributed by atoms with Crippen molar-refractivity contribution in [1.29, 1.82) is 0 Å². The van der Waals surface area contributed by atoms with Crippen molar-refractivity contribution in [2.75, 3.05) is 27.2 Å². The summed E-state index contributed by atoms with van der Waals surface area (Å²) in [4.78, 5) is 16.2. The van der Waals surface area contributed by atoms with Gasteiger partial charge in [0.25, 0.3) is 0 Å². The summed E-state index contributed by atoms with van der Waals surface area (Å²) < 4.78 is 0. The molecule has 0 aromatic carbocycles. The third-order valence-corrected chi connectivity index (χ3v) is 4.03. The third-order valence-electron chi connectivity index (χ3n) is 4.03. The van der Waals surface area contributed by atoms with Crippen LogP contribution in [0.5, 0.6) is 0 Å². The van der Waals surface area contributed by atoms with Crippen molar-refractivity contribution >= 4 is 5.91 Å². The van der Waals surface area contributed by atoms with Crippen LogP contribution in [0.2, 0.25) is 0 Å². The summed E-state index contributed by atoms with van der Waals surface area (Å²) in [6.07, 6.45) is 2.90. The number of carbonyl (C=O) groups excluding carboxylic acids is 1. The molecule has 2 rings (SSSR count). The van der Waals surface area contributed by atoms with Crippen molar-refractivity contribution < 1.29 is 9.90 Å². The van der Waals surface area contributed by atoms with Gasteiger partial charge in [0.2, 0.25) is 5.91 Å². The van der Waals surface area contributed by atoms with E-state index < -0.39 is 0 Å². The minimum Gasteiger partial charge on any atom is -0.393 e. The summed E-state index contributed by atoms with van der Waals surface area (Å²) in [6.45, 7) is 1.76. The highest BCUT2D eigenvalue weighted by Gasteiger charge is 2.48. The Balaban J connectivity index is 2.19. The van der Waals surface area contributed by atoms with Crippen molar-refractivity contribution in [3.8, 4) is 0 Å². The number of piperazine rings is 1. The van der Waals surface area contributed by atoms with E-state index in [1.54, 1.807) is 0 Å². The van der Waals surface area contributed by atoms with E-state index >= 15 is 0 Å². The van der Waals surface area contributed by atoms with E-state index in [0.717, 1.165) is 38.8 Å². The Morgan fingerprint density at radius 3 is 2.47 bits per heavy atom. The van der Waals surface area contributed by atoms with E-state index in [9.17, 15) is 9.90 Å². The molecule has 15 heavy (non-hydrogen) atoms. The summed E-state index contributed by atoms with van der Waals surface area (Å²) in [5, 5.41) is 9.52. The topological polar surface area (TPSA) is 43.8 Å². The van der Waals surface area contributed by atoms with Crippen LogP contribution in [-0.2, 0) is 4.79 Å². The summed E-state index contributed by atoms with van der Waals surface area (Å²) in [6, 6.07) is 0. The molecule has 1 amide bonds. The first-order valence-electron chi connectivity index (χ1n) is 5.71. The average Bonchev–Trinajstić information content (AvgIpc) is 2.24. The average molecular weight is 212 g/mol. The second-order valence-electron chi connectivity index (χ2n) is 4.91. The van der Waals surface area contributed by atoms with Crippen molar-refractivity contribution in [1.82, 2.24) is 9.80 Å². The van der Waals surface area contributed by atoms with Crippen LogP contribution in [0, 0.1) is 0 Å². The van der Waals surface area contributed by atoms with Gasteiger partial charge in [-0.15, -0.1) is 0 Å². The summed E-state index contributed by atoms with van der Waals surface area (Å²) in [5.74, 6) is 0.239. The lowest BCUT2D eigenvalue weighted by atomic mass is 9.77. The van der Waals surface area contributed by atoms with Crippen LogP contribution in [0.1, 0.15) is 25.7 Å². The Kier molecular flexibility index (Phi) is 2.73. The fourth-order valence-corrected chi connectivity index (χ4v) is 2.81. The third kappa shape index (κ3) is 1.66. The number of aliphatic hydroxyl groups is 1. The Bertz CT molecular complexity index is 259. The first-order chi connectivity index (χ1) is 7.06. The minimum absolute atomic E-state index is 0.205. The molecule has 1 aliphatic carbocycles. The highest BCUT2D eigenvalue weighted by Crippen LogP contribution is 2.36. The molecule has 1 saturated carbocycles.